The Labute approximate surface area is 145 Å². The third kappa shape index (κ3) is 4.87. The number of para-hydroxylation sites is 1. The van der Waals surface area contributed by atoms with Gasteiger partial charge in [0.1, 0.15) is 5.82 Å². The van der Waals surface area contributed by atoms with Crippen molar-refractivity contribution in [3.05, 3.63) is 66.0 Å². The fourth-order valence-corrected chi connectivity index (χ4v) is 2.12. The molecule has 0 spiro atoms. The molecule has 0 fully saturated rings. The van der Waals surface area contributed by atoms with Crippen molar-refractivity contribution in [2.75, 3.05) is 17.2 Å². The average Bonchev–Trinajstić information content (AvgIpc) is 2.62. The first kappa shape index (κ1) is 16.6. The van der Waals surface area contributed by atoms with Gasteiger partial charge in [-0.05, 0) is 36.8 Å². The molecular formula is C18H18FN5O. The monoisotopic (exact) mass is 339 g/mol. The minimum Gasteiger partial charge on any atom is -0.464 e. The van der Waals surface area contributed by atoms with Crippen molar-refractivity contribution in [3.63, 3.8) is 0 Å². The molecule has 6 nitrogen and oxygen atoms in total. The molecule has 0 unspecified atom stereocenters. The second-order valence-electron chi connectivity index (χ2n) is 5.17. The summed E-state index contributed by atoms with van der Waals surface area (Å²) in [6.07, 6.45) is 0. The van der Waals surface area contributed by atoms with Gasteiger partial charge in [-0.2, -0.15) is 15.0 Å². The molecule has 0 aliphatic carbocycles. The van der Waals surface area contributed by atoms with Crippen molar-refractivity contribution in [3.8, 4) is 6.01 Å². The van der Waals surface area contributed by atoms with Gasteiger partial charge in [-0.15, -0.1) is 0 Å². The molecule has 2 N–H and O–H groups in total. The first-order chi connectivity index (χ1) is 12.2. The minimum absolute atomic E-state index is 0.234. The molecule has 2 aromatic carbocycles. The highest BCUT2D eigenvalue weighted by Gasteiger charge is 2.08. The fourth-order valence-electron chi connectivity index (χ4n) is 2.12. The van der Waals surface area contributed by atoms with Crippen molar-refractivity contribution in [1.82, 2.24) is 15.0 Å². The van der Waals surface area contributed by atoms with Gasteiger partial charge in [0.15, 0.2) is 0 Å². The van der Waals surface area contributed by atoms with E-state index in [-0.39, 0.29) is 11.8 Å². The number of aromatic nitrogens is 3. The van der Waals surface area contributed by atoms with Gasteiger partial charge < -0.3 is 15.4 Å². The van der Waals surface area contributed by atoms with E-state index in [2.05, 4.69) is 25.6 Å². The van der Waals surface area contributed by atoms with Crippen LogP contribution in [0.2, 0.25) is 0 Å². The number of anilines is 3. The van der Waals surface area contributed by atoms with E-state index in [1.165, 1.54) is 12.1 Å². The van der Waals surface area contributed by atoms with Crippen molar-refractivity contribution >= 4 is 17.6 Å². The van der Waals surface area contributed by atoms with Gasteiger partial charge in [-0.25, -0.2) is 4.39 Å². The summed E-state index contributed by atoms with van der Waals surface area (Å²) < 4.78 is 18.4. The average molecular weight is 339 g/mol. The molecule has 7 heteroatoms. The summed E-state index contributed by atoms with van der Waals surface area (Å²) in [6, 6.07) is 16.1. The summed E-state index contributed by atoms with van der Waals surface area (Å²) in [4.78, 5) is 12.8. The first-order valence-electron chi connectivity index (χ1n) is 7.92. The van der Waals surface area contributed by atoms with Crippen LogP contribution >= 0.6 is 0 Å². The van der Waals surface area contributed by atoms with Crippen LogP contribution in [-0.2, 0) is 6.54 Å². The Kier molecular flexibility index (Phi) is 5.36. The Morgan fingerprint density at radius 1 is 0.920 bits per heavy atom. The minimum atomic E-state index is -0.267. The summed E-state index contributed by atoms with van der Waals surface area (Å²) >= 11 is 0. The predicted octanol–water partition coefficient (Wildman–Crippen LogP) is 3.77. The van der Waals surface area contributed by atoms with Crippen molar-refractivity contribution in [2.24, 2.45) is 0 Å². The number of halogens is 1. The van der Waals surface area contributed by atoms with Crippen LogP contribution in [0.1, 0.15) is 12.5 Å². The molecule has 0 aliphatic heterocycles. The highest BCUT2D eigenvalue weighted by atomic mass is 19.1. The van der Waals surface area contributed by atoms with Crippen LogP contribution in [0, 0.1) is 5.82 Å². The van der Waals surface area contributed by atoms with Crippen molar-refractivity contribution < 1.29 is 9.13 Å². The zero-order valence-corrected chi connectivity index (χ0v) is 13.7. The Balaban J connectivity index is 1.76. The third-order valence-electron chi connectivity index (χ3n) is 3.28. The quantitative estimate of drug-likeness (QED) is 0.683. The number of rotatable bonds is 7. The highest BCUT2D eigenvalue weighted by Crippen LogP contribution is 2.17. The van der Waals surface area contributed by atoms with Gasteiger partial charge in [0.2, 0.25) is 11.9 Å². The largest absolute Gasteiger partial charge is 0.464 e. The van der Waals surface area contributed by atoms with E-state index in [9.17, 15) is 4.39 Å². The van der Waals surface area contributed by atoms with Crippen LogP contribution < -0.4 is 15.4 Å². The number of nitrogens with zero attached hydrogens (tertiary/aromatic N) is 3. The van der Waals surface area contributed by atoms with Crippen molar-refractivity contribution in [1.29, 1.82) is 0 Å². The molecule has 0 saturated heterocycles. The van der Waals surface area contributed by atoms with Gasteiger partial charge in [0, 0.05) is 12.2 Å². The molecule has 3 aromatic rings. The highest BCUT2D eigenvalue weighted by molar-refractivity contribution is 5.54. The van der Waals surface area contributed by atoms with Gasteiger partial charge in [-0.3, -0.25) is 0 Å². The second-order valence-corrected chi connectivity index (χ2v) is 5.17. The lowest BCUT2D eigenvalue weighted by atomic mass is 10.2. The lowest BCUT2D eigenvalue weighted by Crippen LogP contribution is -2.09. The zero-order chi connectivity index (χ0) is 17.5. The van der Waals surface area contributed by atoms with E-state index < -0.39 is 0 Å². The number of hydrogen-bond acceptors (Lipinski definition) is 6. The smallest absolute Gasteiger partial charge is 0.323 e. The van der Waals surface area contributed by atoms with Crippen LogP contribution in [0.4, 0.5) is 22.0 Å². The van der Waals surface area contributed by atoms with E-state index in [0.29, 0.717) is 25.0 Å². The number of hydrogen-bond donors (Lipinski definition) is 2. The van der Waals surface area contributed by atoms with Crippen LogP contribution in [-0.4, -0.2) is 21.6 Å². The SMILES string of the molecule is CCOc1nc(NCc2ccc(F)cc2)nc(Nc2ccccc2)n1. The maximum atomic E-state index is 13.0. The summed E-state index contributed by atoms with van der Waals surface area (Å²) in [5, 5.41) is 6.22. The van der Waals surface area contributed by atoms with Crippen LogP contribution in [0.15, 0.2) is 54.6 Å². The third-order valence-corrected chi connectivity index (χ3v) is 3.28. The maximum Gasteiger partial charge on any atom is 0.323 e. The Morgan fingerprint density at radius 3 is 2.36 bits per heavy atom. The number of nitrogens with one attached hydrogen (secondary N) is 2. The summed E-state index contributed by atoms with van der Waals surface area (Å²) in [5.74, 6) is 0.490. The molecule has 128 valence electrons. The van der Waals surface area contributed by atoms with Gasteiger partial charge in [0.25, 0.3) is 0 Å². The lowest BCUT2D eigenvalue weighted by Gasteiger charge is -2.10. The van der Waals surface area contributed by atoms with E-state index in [1.54, 1.807) is 12.1 Å². The molecule has 0 saturated carbocycles. The van der Waals surface area contributed by atoms with Gasteiger partial charge >= 0.3 is 6.01 Å². The zero-order valence-electron chi connectivity index (χ0n) is 13.7. The Hall–Kier alpha value is -3.22. The standard InChI is InChI=1S/C18H18FN5O/c1-2-25-18-23-16(20-12-13-8-10-14(19)11-9-13)22-17(24-18)21-15-6-4-3-5-7-15/h3-11H,2,12H2,1H3,(H2,20,21,22,23,24). The van der Waals surface area contributed by atoms with Gasteiger partial charge in [-0.1, -0.05) is 30.3 Å². The Bertz CT molecular complexity index is 811. The summed E-state index contributed by atoms with van der Waals surface area (Å²) in [5.41, 5.74) is 1.78. The first-order valence-corrected chi connectivity index (χ1v) is 7.92. The van der Waals surface area contributed by atoms with Gasteiger partial charge in [0.05, 0.1) is 6.61 Å². The lowest BCUT2D eigenvalue weighted by molar-refractivity contribution is 0.312. The van der Waals surface area contributed by atoms with Crippen molar-refractivity contribution in [2.45, 2.75) is 13.5 Å². The number of benzene rings is 2. The molecule has 0 radical (unpaired) electrons. The van der Waals surface area contributed by atoms with Crippen LogP contribution in [0.3, 0.4) is 0 Å². The molecule has 0 aliphatic rings. The molecule has 25 heavy (non-hydrogen) atoms. The number of ether oxygens (including phenoxy) is 1. The van der Waals surface area contributed by atoms with E-state index in [4.69, 9.17) is 4.74 Å². The molecule has 1 heterocycles. The second kappa shape index (κ2) is 8.05. The van der Waals surface area contributed by atoms with E-state index in [0.717, 1.165) is 11.3 Å². The molecule has 0 bridgehead atoms. The predicted molar refractivity (Wildman–Crippen MR) is 94.4 cm³/mol. The normalized spacial score (nSPS) is 10.3. The molecule has 0 amide bonds. The fraction of sp³-hybridized carbons (Fsp3) is 0.167. The molecule has 0 atom stereocenters. The van der Waals surface area contributed by atoms with Crippen LogP contribution in [0.5, 0.6) is 6.01 Å². The summed E-state index contributed by atoms with van der Waals surface area (Å²) in [7, 11) is 0. The topological polar surface area (TPSA) is 72.0 Å². The molecular weight excluding hydrogens is 321 g/mol. The van der Waals surface area contributed by atoms with E-state index in [1.807, 2.05) is 37.3 Å². The van der Waals surface area contributed by atoms with Crippen LogP contribution in [0.25, 0.3) is 0 Å². The van der Waals surface area contributed by atoms with E-state index >= 15 is 0 Å². The molecule has 3 rings (SSSR count). The molecule has 1 aromatic heterocycles. The Morgan fingerprint density at radius 2 is 1.64 bits per heavy atom. The summed E-state index contributed by atoms with van der Waals surface area (Å²) in [6.45, 7) is 2.77. The maximum absolute atomic E-state index is 13.0.